The van der Waals surface area contributed by atoms with Crippen LogP contribution in [0.1, 0.15) is 34.5 Å². The second kappa shape index (κ2) is 8.20. The Bertz CT molecular complexity index is 1200. The molecule has 1 amide bonds. The maximum Gasteiger partial charge on any atom is 0.300 e. The van der Waals surface area contributed by atoms with Gasteiger partial charge in [0.1, 0.15) is 5.76 Å². The molecule has 154 valence electrons. The summed E-state index contributed by atoms with van der Waals surface area (Å²) in [5.74, 6) is -1.90. The van der Waals surface area contributed by atoms with E-state index in [2.05, 4.69) is 0 Å². The second-order valence-corrected chi connectivity index (χ2v) is 7.63. The number of halogens is 1. The Hall–Kier alpha value is -3.70. The molecule has 0 saturated carbocycles. The zero-order valence-electron chi connectivity index (χ0n) is 16.6. The van der Waals surface area contributed by atoms with Gasteiger partial charge in [0, 0.05) is 21.8 Å². The Labute approximate surface area is 184 Å². The van der Waals surface area contributed by atoms with Crippen LogP contribution in [-0.4, -0.2) is 22.6 Å². The van der Waals surface area contributed by atoms with Crippen molar-refractivity contribution in [1.82, 2.24) is 0 Å². The predicted octanol–water partition coefficient (Wildman–Crippen LogP) is 5.17. The number of ketones is 2. The first-order valence-electron chi connectivity index (χ1n) is 9.61. The quantitative estimate of drug-likeness (QED) is 0.267. The SMILES string of the molecule is CC(=O)c1ccc(N2C(=O)C(=O)C(=C(O)c3ccc(Cl)cc3)C2c2ccccc2)cc1. The van der Waals surface area contributed by atoms with Gasteiger partial charge in [-0.1, -0.05) is 41.9 Å². The highest BCUT2D eigenvalue weighted by Crippen LogP contribution is 2.42. The van der Waals surface area contributed by atoms with E-state index in [-0.39, 0.29) is 17.1 Å². The minimum absolute atomic E-state index is 0.00540. The first-order valence-corrected chi connectivity index (χ1v) is 9.99. The summed E-state index contributed by atoms with van der Waals surface area (Å²) in [4.78, 5) is 39.1. The Balaban J connectivity index is 1.90. The molecule has 1 saturated heterocycles. The van der Waals surface area contributed by atoms with Crippen LogP contribution in [0.15, 0.2) is 84.4 Å². The molecule has 0 aliphatic carbocycles. The number of hydrogen-bond acceptors (Lipinski definition) is 4. The van der Waals surface area contributed by atoms with Gasteiger partial charge < -0.3 is 5.11 Å². The van der Waals surface area contributed by atoms with Gasteiger partial charge in [0.05, 0.1) is 11.6 Å². The van der Waals surface area contributed by atoms with Crippen molar-refractivity contribution < 1.29 is 19.5 Å². The van der Waals surface area contributed by atoms with E-state index in [1.54, 1.807) is 72.8 Å². The van der Waals surface area contributed by atoms with Crippen LogP contribution in [0.5, 0.6) is 0 Å². The maximum absolute atomic E-state index is 13.1. The van der Waals surface area contributed by atoms with Crippen molar-refractivity contribution in [2.75, 3.05) is 4.90 Å². The van der Waals surface area contributed by atoms with Crippen molar-refractivity contribution in [2.45, 2.75) is 13.0 Å². The zero-order chi connectivity index (χ0) is 22.1. The Morgan fingerprint density at radius 1 is 0.871 bits per heavy atom. The third-order valence-corrected chi connectivity index (χ3v) is 5.48. The second-order valence-electron chi connectivity index (χ2n) is 7.19. The molecular weight excluding hydrogens is 414 g/mol. The predicted molar refractivity (Wildman–Crippen MR) is 119 cm³/mol. The first-order chi connectivity index (χ1) is 14.9. The molecule has 6 heteroatoms. The number of benzene rings is 3. The zero-order valence-corrected chi connectivity index (χ0v) is 17.3. The van der Waals surface area contributed by atoms with Crippen LogP contribution >= 0.6 is 11.6 Å². The number of hydrogen-bond donors (Lipinski definition) is 1. The fraction of sp³-hybridized carbons (Fsp3) is 0.0800. The molecule has 5 nitrogen and oxygen atoms in total. The van der Waals surface area contributed by atoms with E-state index >= 15 is 0 Å². The molecule has 1 unspecified atom stereocenters. The fourth-order valence-corrected chi connectivity index (χ4v) is 3.80. The molecule has 1 N–H and O–H groups in total. The molecule has 1 heterocycles. The average molecular weight is 432 g/mol. The van der Waals surface area contributed by atoms with Crippen LogP contribution in [0, 0.1) is 0 Å². The van der Waals surface area contributed by atoms with Crippen molar-refractivity contribution in [3.8, 4) is 0 Å². The third kappa shape index (κ3) is 3.76. The number of amides is 1. The van der Waals surface area contributed by atoms with Crippen molar-refractivity contribution in [1.29, 1.82) is 0 Å². The summed E-state index contributed by atoms with van der Waals surface area (Å²) in [7, 11) is 0. The van der Waals surface area contributed by atoms with Gasteiger partial charge in [0.2, 0.25) is 0 Å². The van der Waals surface area contributed by atoms with Gasteiger partial charge >= 0.3 is 0 Å². The topological polar surface area (TPSA) is 74.7 Å². The average Bonchev–Trinajstić information content (AvgIpc) is 3.05. The Morgan fingerprint density at radius 2 is 1.45 bits per heavy atom. The number of carbonyl (C=O) groups is 3. The van der Waals surface area contributed by atoms with Crippen molar-refractivity contribution in [3.63, 3.8) is 0 Å². The lowest BCUT2D eigenvalue weighted by Crippen LogP contribution is -2.29. The molecule has 0 radical (unpaired) electrons. The smallest absolute Gasteiger partial charge is 0.300 e. The van der Waals surface area contributed by atoms with Gasteiger partial charge in [-0.3, -0.25) is 19.3 Å². The Kier molecular flexibility index (Phi) is 5.44. The molecule has 0 aromatic heterocycles. The Morgan fingerprint density at radius 3 is 2.03 bits per heavy atom. The van der Waals surface area contributed by atoms with E-state index in [0.29, 0.717) is 27.4 Å². The summed E-state index contributed by atoms with van der Waals surface area (Å²) in [5, 5.41) is 11.5. The lowest BCUT2D eigenvalue weighted by molar-refractivity contribution is -0.132. The minimum Gasteiger partial charge on any atom is -0.507 e. The van der Waals surface area contributed by atoms with Crippen molar-refractivity contribution in [3.05, 3.63) is 106 Å². The van der Waals surface area contributed by atoms with Crippen LogP contribution in [0.3, 0.4) is 0 Å². The lowest BCUT2D eigenvalue weighted by atomic mass is 9.95. The van der Waals surface area contributed by atoms with E-state index in [0.717, 1.165) is 0 Å². The van der Waals surface area contributed by atoms with Gasteiger partial charge in [-0.25, -0.2) is 0 Å². The maximum atomic E-state index is 13.1. The first kappa shape index (κ1) is 20.6. The standard InChI is InChI=1S/C25H18ClNO4/c1-15(28)16-9-13-20(14-10-16)27-22(17-5-3-2-4-6-17)21(24(30)25(27)31)23(29)18-7-11-19(26)12-8-18/h2-14,22,29H,1H3. The number of nitrogens with zero attached hydrogens (tertiary/aromatic N) is 1. The number of Topliss-reactive ketones (excluding diaryl/α,β-unsaturated/α-hetero) is 2. The van der Waals surface area contributed by atoms with E-state index < -0.39 is 17.7 Å². The third-order valence-electron chi connectivity index (χ3n) is 5.23. The molecule has 1 fully saturated rings. The fourth-order valence-electron chi connectivity index (χ4n) is 3.67. The number of aliphatic hydroxyl groups is 1. The molecule has 3 aromatic carbocycles. The number of aliphatic hydroxyl groups excluding tert-OH is 1. The van der Waals surface area contributed by atoms with Crippen molar-refractivity contribution >= 4 is 40.5 Å². The molecule has 3 aromatic rings. The summed E-state index contributed by atoms with van der Waals surface area (Å²) in [6.45, 7) is 1.46. The summed E-state index contributed by atoms with van der Waals surface area (Å²) in [5.41, 5.74) is 2.01. The number of anilines is 1. The van der Waals surface area contributed by atoms with E-state index in [1.165, 1.54) is 11.8 Å². The highest BCUT2D eigenvalue weighted by molar-refractivity contribution is 6.51. The van der Waals surface area contributed by atoms with E-state index in [9.17, 15) is 19.5 Å². The normalized spacial score (nSPS) is 17.7. The van der Waals surface area contributed by atoms with Crippen LogP contribution in [0.4, 0.5) is 5.69 Å². The highest BCUT2D eigenvalue weighted by Gasteiger charge is 2.46. The summed E-state index contributed by atoms with van der Waals surface area (Å²) in [6, 6.07) is 21.1. The molecule has 1 atom stereocenters. The molecule has 0 spiro atoms. The van der Waals surface area contributed by atoms with E-state index in [1.807, 2.05) is 6.07 Å². The summed E-state index contributed by atoms with van der Waals surface area (Å²) in [6.07, 6.45) is 0. The highest BCUT2D eigenvalue weighted by atomic mass is 35.5. The van der Waals surface area contributed by atoms with Gasteiger partial charge in [0.25, 0.3) is 11.7 Å². The van der Waals surface area contributed by atoms with E-state index in [4.69, 9.17) is 11.6 Å². The molecule has 1 aliphatic rings. The van der Waals surface area contributed by atoms with Crippen LogP contribution in [-0.2, 0) is 9.59 Å². The monoisotopic (exact) mass is 431 g/mol. The molecule has 1 aliphatic heterocycles. The minimum atomic E-state index is -0.819. The van der Waals surface area contributed by atoms with Gasteiger partial charge in [-0.15, -0.1) is 0 Å². The van der Waals surface area contributed by atoms with Gasteiger partial charge in [-0.05, 0) is 61.0 Å². The van der Waals surface area contributed by atoms with Gasteiger partial charge in [-0.2, -0.15) is 0 Å². The number of rotatable bonds is 4. The van der Waals surface area contributed by atoms with Crippen molar-refractivity contribution in [2.24, 2.45) is 0 Å². The van der Waals surface area contributed by atoms with Crippen LogP contribution < -0.4 is 4.90 Å². The molecule has 0 bridgehead atoms. The molecular formula is C25H18ClNO4. The van der Waals surface area contributed by atoms with Crippen LogP contribution in [0.2, 0.25) is 5.02 Å². The van der Waals surface area contributed by atoms with Gasteiger partial charge in [0.15, 0.2) is 5.78 Å². The summed E-state index contributed by atoms with van der Waals surface area (Å²) >= 11 is 5.94. The molecule has 4 rings (SSSR count). The lowest BCUT2D eigenvalue weighted by Gasteiger charge is -2.25. The molecule has 31 heavy (non-hydrogen) atoms. The summed E-state index contributed by atoms with van der Waals surface area (Å²) < 4.78 is 0. The largest absolute Gasteiger partial charge is 0.507 e. The van der Waals surface area contributed by atoms with Crippen LogP contribution in [0.25, 0.3) is 5.76 Å². The number of carbonyl (C=O) groups excluding carboxylic acids is 3.